The fraction of sp³-hybridized carbons (Fsp3) is 0.200. The second-order valence-electron chi connectivity index (χ2n) is 4.01. The number of thioether (sulfide) groups is 1. The fourth-order valence-corrected chi connectivity index (χ4v) is 2.86. The summed E-state index contributed by atoms with van der Waals surface area (Å²) in [6, 6.07) is 9.33. The van der Waals surface area contributed by atoms with Crippen LogP contribution >= 0.6 is 11.8 Å². The molecule has 0 saturated heterocycles. The van der Waals surface area contributed by atoms with E-state index in [4.69, 9.17) is 0 Å². The van der Waals surface area contributed by atoms with Crippen molar-refractivity contribution < 1.29 is 9.59 Å². The number of rotatable bonds is 5. The van der Waals surface area contributed by atoms with Crippen molar-refractivity contribution in [2.75, 3.05) is 12.3 Å². The Labute approximate surface area is 117 Å². The van der Waals surface area contributed by atoms with Crippen LogP contribution in [0.1, 0.15) is 12.5 Å². The van der Waals surface area contributed by atoms with Crippen molar-refractivity contribution in [1.82, 2.24) is 4.90 Å². The molecule has 98 valence electrons. The van der Waals surface area contributed by atoms with Gasteiger partial charge in [0.05, 0.1) is 10.5 Å². The number of imide groups is 1. The summed E-state index contributed by atoms with van der Waals surface area (Å²) in [7, 11) is 0. The second-order valence-corrected chi connectivity index (χ2v) is 5.29. The van der Waals surface area contributed by atoms with Crippen LogP contribution in [-0.2, 0) is 9.59 Å². The van der Waals surface area contributed by atoms with Gasteiger partial charge in [0, 0.05) is 6.54 Å². The molecule has 0 saturated carbocycles. The first-order chi connectivity index (χ1) is 9.20. The van der Waals surface area contributed by atoms with Crippen LogP contribution in [0, 0.1) is 0 Å². The van der Waals surface area contributed by atoms with Gasteiger partial charge in [-0.05, 0) is 11.3 Å². The molecule has 0 unspecified atom stereocenters. The van der Waals surface area contributed by atoms with Crippen LogP contribution in [0.25, 0.3) is 5.57 Å². The predicted octanol–water partition coefficient (Wildman–Crippen LogP) is 2.71. The van der Waals surface area contributed by atoms with Gasteiger partial charge in [-0.2, -0.15) is 0 Å². The normalized spacial score (nSPS) is 15.3. The van der Waals surface area contributed by atoms with E-state index in [0.717, 1.165) is 11.3 Å². The summed E-state index contributed by atoms with van der Waals surface area (Å²) in [5.41, 5.74) is 1.31. The molecule has 0 spiro atoms. The molecule has 4 heteroatoms. The van der Waals surface area contributed by atoms with E-state index < -0.39 is 0 Å². The summed E-state index contributed by atoms with van der Waals surface area (Å²) in [6.07, 6.45) is 1.57. The van der Waals surface area contributed by atoms with E-state index in [9.17, 15) is 9.59 Å². The van der Waals surface area contributed by atoms with Crippen LogP contribution < -0.4 is 0 Å². The van der Waals surface area contributed by atoms with E-state index in [-0.39, 0.29) is 18.4 Å². The van der Waals surface area contributed by atoms with E-state index in [0.29, 0.717) is 10.5 Å². The number of benzene rings is 1. The maximum atomic E-state index is 12.4. The maximum Gasteiger partial charge on any atom is 0.268 e. The number of hydrogen-bond donors (Lipinski definition) is 0. The van der Waals surface area contributed by atoms with Gasteiger partial charge in [-0.1, -0.05) is 43.3 Å². The predicted molar refractivity (Wildman–Crippen MR) is 78.4 cm³/mol. The molecule has 0 bridgehead atoms. The highest BCUT2D eigenvalue weighted by Crippen LogP contribution is 2.35. The summed E-state index contributed by atoms with van der Waals surface area (Å²) in [4.78, 5) is 26.4. The fourth-order valence-electron chi connectivity index (χ4n) is 1.99. The molecule has 1 aliphatic rings. The number of nitrogens with zero attached hydrogens (tertiary/aromatic N) is 1. The van der Waals surface area contributed by atoms with E-state index in [1.807, 2.05) is 37.3 Å². The van der Waals surface area contributed by atoms with E-state index in [1.54, 1.807) is 6.08 Å². The van der Waals surface area contributed by atoms with Gasteiger partial charge in [0.1, 0.15) is 0 Å². The summed E-state index contributed by atoms with van der Waals surface area (Å²) in [6.45, 7) is 5.81. The molecule has 0 aromatic heterocycles. The van der Waals surface area contributed by atoms with Crippen LogP contribution in [0.4, 0.5) is 0 Å². The molecule has 1 heterocycles. The third kappa shape index (κ3) is 2.49. The van der Waals surface area contributed by atoms with Crippen molar-refractivity contribution in [3.05, 3.63) is 53.5 Å². The van der Waals surface area contributed by atoms with Crippen molar-refractivity contribution in [3.8, 4) is 0 Å². The van der Waals surface area contributed by atoms with Crippen molar-refractivity contribution in [3.63, 3.8) is 0 Å². The number of hydrogen-bond acceptors (Lipinski definition) is 3. The second kappa shape index (κ2) is 5.89. The Bertz CT molecular complexity index is 549. The van der Waals surface area contributed by atoms with Crippen molar-refractivity contribution in [1.29, 1.82) is 0 Å². The largest absolute Gasteiger partial charge is 0.270 e. The molecule has 1 aliphatic heterocycles. The number of carbonyl (C=O) groups excluding carboxylic acids is 2. The zero-order chi connectivity index (χ0) is 13.8. The first-order valence-corrected chi connectivity index (χ1v) is 7.08. The highest BCUT2D eigenvalue weighted by Gasteiger charge is 2.37. The smallest absolute Gasteiger partial charge is 0.268 e. The Morgan fingerprint density at radius 3 is 2.47 bits per heavy atom. The SMILES string of the molecule is C=CCN1C(=O)C(SCC)=C(c2ccccc2)C1=O. The molecule has 0 aliphatic carbocycles. The molecule has 1 aromatic rings. The lowest BCUT2D eigenvalue weighted by molar-refractivity contribution is -0.135. The first-order valence-electron chi connectivity index (χ1n) is 6.10. The average Bonchev–Trinajstić information content (AvgIpc) is 2.65. The minimum Gasteiger partial charge on any atom is -0.270 e. The van der Waals surface area contributed by atoms with Gasteiger partial charge in [0.2, 0.25) is 0 Å². The van der Waals surface area contributed by atoms with Crippen LogP contribution in [0.3, 0.4) is 0 Å². The maximum absolute atomic E-state index is 12.4. The van der Waals surface area contributed by atoms with E-state index >= 15 is 0 Å². The molecule has 19 heavy (non-hydrogen) atoms. The van der Waals surface area contributed by atoms with Gasteiger partial charge in [-0.3, -0.25) is 14.5 Å². The third-order valence-electron chi connectivity index (χ3n) is 2.79. The number of carbonyl (C=O) groups is 2. The zero-order valence-electron chi connectivity index (χ0n) is 10.8. The number of amides is 2. The minimum absolute atomic E-state index is 0.212. The van der Waals surface area contributed by atoms with Crippen molar-refractivity contribution in [2.45, 2.75) is 6.92 Å². The highest BCUT2D eigenvalue weighted by atomic mass is 32.2. The summed E-state index contributed by atoms with van der Waals surface area (Å²) in [5, 5.41) is 0. The lowest BCUT2D eigenvalue weighted by Crippen LogP contribution is -2.31. The van der Waals surface area contributed by atoms with Crippen LogP contribution in [0.5, 0.6) is 0 Å². The first kappa shape index (κ1) is 13.6. The molecule has 2 amide bonds. The van der Waals surface area contributed by atoms with E-state index in [2.05, 4.69) is 6.58 Å². The molecule has 1 aromatic carbocycles. The Morgan fingerprint density at radius 2 is 1.89 bits per heavy atom. The van der Waals surface area contributed by atoms with Gasteiger partial charge < -0.3 is 0 Å². The lowest BCUT2D eigenvalue weighted by atomic mass is 10.1. The Balaban J connectivity index is 2.49. The molecule has 0 fully saturated rings. The molecule has 3 nitrogen and oxygen atoms in total. The Hall–Kier alpha value is -1.81. The molecule has 0 radical (unpaired) electrons. The van der Waals surface area contributed by atoms with Gasteiger partial charge in [0.15, 0.2) is 0 Å². The summed E-state index contributed by atoms with van der Waals surface area (Å²) >= 11 is 1.42. The topological polar surface area (TPSA) is 37.4 Å². The minimum atomic E-state index is -0.230. The van der Waals surface area contributed by atoms with Crippen LogP contribution in [-0.4, -0.2) is 29.0 Å². The molecular weight excluding hydrogens is 258 g/mol. The molecular formula is C15H15NO2S. The monoisotopic (exact) mass is 273 g/mol. The van der Waals surface area contributed by atoms with E-state index in [1.165, 1.54) is 16.7 Å². The van der Waals surface area contributed by atoms with Gasteiger partial charge in [0.25, 0.3) is 11.8 Å². The van der Waals surface area contributed by atoms with Gasteiger partial charge in [-0.15, -0.1) is 18.3 Å². The van der Waals surface area contributed by atoms with Crippen molar-refractivity contribution >= 4 is 29.1 Å². The van der Waals surface area contributed by atoms with Crippen molar-refractivity contribution in [2.24, 2.45) is 0 Å². The lowest BCUT2D eigenvalue weighted by Gasteiger charge is -2.11. The average molecular weight is 273 g/mol. The van der Waals surface area contributed by atoms with Gasteiger partial charge >= 0.3 is 0 Å². The summed E-state index contributed by atoms with van der Waals surface area (Å²) in [5.74, 6) is 0.315. The third-order valence-corrected chi connectivity index (χ3v) is 3.74. The molecule has 0 atom stereocenters. The molecule has 2 rings (SSSR count). The quantitative estimate of drug-likeness (QED) is 0.611. The molecule has 0 N–H and O–H groups in total. The Kier molecular flexibility index (Phi) is 4.22. The standard InChI is InChI=1S/C15H15NO2S/c1-3-10-16-14(17)12(11-8-6-5-7-9-11)13(15(16)18)19-4-2/h3,5-9H,1,4,10H2,2H3. The summed E-state index contributed by atoms with van der Waals surface area (Å²) < 4.78 is 0. The van der Waals surface area contributed by atoms with Crippen LogP contribution in [0.2, 0.25) is 0 Å². The zero-order valence-corrected chi connectivity index (χ0v) is 11.6. The highest BCUT2D eigenvalue weighted by molar-refractivity contribution is 8.04. The van der Waals surface area contributed by atoms with Gasteiger partial charge in [-0.25, -0.2) is 0 Å². The van der Waals surface area contributed by atoms with Crippen LogP contribution in [0.15, 0.2) is 47.9 Å². The Morgan fingerprint density at radius 1 is 1.21 bits per heavy atom.